The van der Waals surface area contributed by atoms with Crippen LogP contribution in [0.3, 0.4) is 0 Å². The summed E-state index contributed by atoms with van der Waals surface area (Å²) in [6.45, 7) is 6.40. The lowest BCUT2D eigenvalue weighted by Gasteiger charge is -2.45. The molecule has 2 aliphatic rings. The standard InChI is InChI=1S/C25H29N3O2S/c1-16-9-10-17(2)20(13-16)28-23(29)21-14-22-19(11-12-31-22)27(21)15-25(28,3)24(30)26-18-7-5-4-6-8-18/h9-14,18H,4-8,15H2,1-3H3,(H,26,30)/t25-/m0/s1. The maximum atomic E-state index is 13.9. The van der Waals surface area contributed by atoms with E-state index in [2.05, 4.69) is 5.32 Å². The summed E-state index contributed by atoms with van der Waals surface area (Å²) in [4.78, 5) is 29.5. The zero-order valence-corrected chi connectivity index (χ0v) is 19.2. The topological polar surface area (TPSA) is 54.3 Å². The van der Waals surface area contributed by atoms with E-state index in [1.807, 2.05) is 61.1 Å². The second kappa shape index (κ2) is 7.52. The molecule has 3 aromatic rings. The quantitative estimate of drug-likeness (QED) is 0.616. The first-order valence-corrected chi connectivity index (χ1v) is 12.1. The van der Waals surface area contributed by atoms with E-state index in [0.717, 1.165) is 52.7 Å². The molecular formula is C25H29N3O2S. The summed E-state index contributed by atoms with van der Waals surface area (Å²) in [7, 11) is 0. The van der Waals surface area contributed by atoms with Crippen LogP contribution in [0.1, 0.15) is 60.6 Å². The number of nitrogens with zero attached hydrogens (tertiary/aromatic N) is 2. The lowest BCUT2D eigenvalue weighted by atomic mass is 9.90. The van der Waals surface area contributed by atoms with Crippen molar-refractivity contribution in [1.82, 2.24) is 9.88 Å². The van der Waals surface area contributed by atoms with Crippen LogP contribution in [0.2, 0.25) is 0 Å². The van der Waals surface area contributed by atoms with Crippen LogP contribution in [-0.2, 0) is 11.3 Å². The van der Waals surface area contributed by atoms with Gasteiger partial charge in [0.25, 0.3) is 5.91 Å². The number of fused-ring (bicyclic) bond motifs is 3. The molecule has 0 radical (unpaired) electrons. The van der Waals surface area contributed by atoms with Gasteiger partial charge < -0.3 is 9.88 Å². The van der Waals surface area contributed by atoms with Gasteiger partial charge in [0, 0.05) is 11.7 Å². The average molecular weight is 436 g/mol. The molecule has 1 fully saturated rings. The first-order valence-electron chi connectivity index (χ1n) is 11.2. The van der Waals surface area contributed by atoms with Crippen molar-refractivity contribution in [2.75, 3.05) is 4.90 Å². The molecule has 6 heteroatoms. The summed E-state index contributed by atoms with van der Waals surface area (Å²) in [5.74, 6) is -0.166. The Labute approximate surface area is 187 Å². The van der Waals surface area contributed by atoms with Crippen molar-refractivity contribution < 1.29 is 9.59 Å². The van der Waals surface area contributed by atoms with E-state index in [4.69, 9.17) is 0 Å². The lowest BCUT2D eigenvalue weighted by Crippen LogP contribution is -2.65. The van der Waals surface area contributed by atoms with Gasteiger partial charge in [0.15, 0.2) is 0 Å². The van der Waals surface area contributed by atoms with Crippen LogP contribution < -0.4 is 10.2 Å². The summed E-state index contributed by atoms with van der Waals surface area (Å²) in [5.41, 5.74) is 3.58. The molecule has 2 amide bonds. The molecule has 1 saturated carbocycles. The monoisotopic (exact) mass is 435 g/mol. The van der Waals surface area contributed by atoms with Crippen LogP contribution in [0.15, 0.2) is 35.7 Å². The zero-order chi connectivity index (χ0) is 21.8. The Bertz CT molecular complexity index is 1170. The predicted octanol–water partition coefficient (Wildman–Crippen LogP) is 5.19. The highest BCUT2D eigenvalue weighted by Crippen LogP contribution is 2.38. The summed E-state index contributed by atoms with van der Waals surface area (Å²) >= 11 is 1.63. The molecule has 0 unspecified atom stereocenters. The van der Waals surface area contributed by atoms with Gasteiger partial charge in [0.1, 0.15) is 11.2 Å². The van der Waals surface area contributed by atoms with Crippen LogP contribution in [0, 0.1) is 13.8 Å². The van der Waals surface area contributed by atoms with E-state index in [1.54, 1.807) is 16.2 Å². The van der Waals surface area contributed by atoms with Crippen molar-refractivity contribution in [3.05, 3.63) is 52.5 Å². The maximum Gasteiger partial charge on any atom is 0.275 e. The van der Waals surface area contributed by atoms with Crippen LogP contribution in [0.5, 0.6) is 0 Å². The van der Waals surface area contributed by atoms with Crippen LogP contribution in [0.25, 0.3) is 10.2 Å². The Morgan fingerprint density at radius 2 is 1.90 bits per heavy atom. The molecule has 31 heavy (non-hydrogen) atoms. The molecule has 1 aromatic carbocycles. The number of benzene rings is 1. The Hall–Kier alpha value is -2.60. The van der Waals surface area contributed by atoms with E-state index < -0.39 is 5.54 Å². The van der Waals surface area contributed by atoms with Gasteiger partial charge in [-0.05, 0) is 68.3 Å². The van der Waals surface area contributed by atoms with Gasteiger partial charge in [-0.15, -0.1) is 11.3 Å². The fraction of sp³-hybridized carbons (Fsp3) is 0.440. The largest absolute Gasteiger partial charge is 0.351 e. The lowest BCUT2D eigenvalue weighted by molar-refractivity contribution is -0.127. The van der Waals surface area contributed by atoms with E-state index in [-0.39, 0.29) is 17.9 Å². The zero-order valence-electron chi connectivity index (χ0n) is 18.4. The number of rotatable bonds is 3. The number of carbonyl (C=O) groups excluding carboxylic acids is 2. The third kappa shape index (κ3) is 3.28. The SMILES string of the molecule is Cc1ccc(C)c(N2C(=O)c3cc4sccc4n3C[C@@]2(C)C(=O)NC2CCCCC2)c1. The van der Waals surface area contributed by atoms with E-state index in [9.17, 15) is 9.59 Å². The summed E-state index contributed by atoms with van der Waals surface area (Å²) in [5, 5.41) is 5.35. The van der Waals surface area contributed by atoms with E-state index in [0.29, 0.717) is 12.2 Å². The van der Waals surface area contributed by atoms with Crippen LogP contribution in [-0.4, -0.2) is 28.0 Å². The smallest absolute Gasteiger partial charge is 0.275 e. The Morgan fingerprint density at radius 3 is 2.68 bits per heavy atom. The number of hydrogen-bond acceptors (Lipinski definition) is 3. The molecule has 1 atom stereocenters. The number of thiophene rings is 1. The molecule has 1 aliphatic carbocycles. The van der Waals surface area contributed by atoms with Crippen LogP contribution >= 0.6 is 11.3 Å². The van der Waals surface area contributed by atoms with Gasteiger partial charge in [-0.2, -0.15) is 0 Å². The molecule has 0 spiro atoms. The molecule has 0 saturated heterocycles. The minimum absolute atomic E-state index is 0.0589. The Kier molecular flexibility index (Phi) is 4.93. The summed E-state index contributed by atoms with van der Waals surface area (Å²) in [6, 6.07) is 10.3. The minimum Gasteiger partial charge on any atom is -0.351 e. The number of anilines is 1. The number of hydrogen-bond donors (Lipinski definition) is 1. The first-order chi connectivity index (χ1) is 14.9. The van der Waals surface area contributed by atoms with Crippen molar-refractivity contribution in [2.45, 2.75) is 71.0 Å². The Balaban J connectivity index is 1.63. The van der Waals surface area contributed by atoms with Gasteiger partial charge in [-0.25, -0.2) is 0 Å². The van der Waals surface area contributed by atoms with Crippen molar-refractivity contribution >= 4 is 39.1 Å². The molecule has 0 bridgehead atoms. The molecule has 162 valence electrons. The van der Waals surface area contributed by atoms with Gasteiger partial charge >= 0.3 is 0 Å². The highest BCUT2D eigenvalue weighted by Gasteiger charge is 2.49. The maximum absolute atomic E-state index is 13.9. The Morgan fingerprint density at radius 1 is 1.13 bits per heavy atom. The van der Waals surface area contributed by atoms with E-state index >= 15 is 0 Å². The molecule has 5 rings (SSSR count). The number of aromatic nitrogens is 1. The van der Waals surface area contributed by atoms with Crippen molar-refractivity contribution in [3.8, 4) is 0 Å². The number of nitrogens with one attached hydrogen (secondary N) is 1. The average Bonchev–Trinajstić information content (AvgIpc) is 3.34. The third-order valence-electron chi connectivity index (χ3n) is 6.94. The predicted molar refractivity (Wildman–Crippen MR) is 126 cm³/mol. The molecule has 5 nitrogen and oxygen atoms in total. The van der Waals surface area contributed by atoms with Crippen LogP contribution in [0.4, 0.5) is 5.69 Å². The minimum atomic E-state index is -1.01. The van der Waals surface area contributed by atoms with Gasteiger partial charge in [0.2, 0.25) is 5.91 Å². The van der Waals surface area contributed by atoms with Crippen molar-refractivity contribution in [3.63, 3.8) is 0 Å². The van der Waals surface area contributed by atoms with Gasteiger partial charge in [-0.1, -0.05) is 31.4 Å². The number of amides is 2. The third-order valence-corrected chi connectivity index (χ3v) is 7.79. The molecular weight excluding hydrogens is 406 g/mol. The fourth-order valence-corrected chi connectivity index (χ4v) is 5.96. The molecule has 3 heterocycles. The fourth-order valence-electron chi connectivity index (χ4n) is 5.14. The summed E-state index contributed by atoms with van der Waals surface area (Å²) in [6.07, 6.45) is 5.57. The van der Waals surface area contributed by atoms with E-state index in [1.165, 1.54) is 6.42 Å². The van der Waals surface area contributed by atoms with Crippen molar-refractivity contribution in [2.24, 2.45) is 0 Å². The summed E-state index contributed by atoms with van der Waals surface area (Å²) < 4.78 is 3.12. The molecule has 1 N–H and O–H groups in total. The van der Waals surface area contributed by atoms with Gasteiger partial charge in [0.05, 0.1) is 16.8 Å². The number of carbonyl (C=O) groups is 2. The highest BCUT2D eigenvalue weighted by atomic mass is 32.1. The highest BCUT2D eigenvalue weighted by molar-refractivity contribution is 7.17. The van der Waals surface area contributed by atoms with Gasteiger partial charge in [-0.3, -0.25) is 14.5 Å². The second-order valence-corrected chi connectivity index (χ2v) is 10.2. The van der Waals surface area contributed by atoms with Crippen molar-refractivity contribution in [1.29, 1.82) is 0 Å². The molecule has 2 aromatic heterocycles. The molecule has 1 aliphatic heterocycles. The second-order valence-electron chi connectivity index (χ2n) is 9.30. The first kappa shape index (κ1) is 20.3. The number of aryl methyl sites for hydroxylation is 2. The normalized spacial score (nSPS) is 22.0.